The molecule has 0 N–H and O–H groups in total. The Labute approximate surface area is 130 Å². The van der Waals surface area contributed by atoms with E-state index in [9.17, 15) is 4.79 Å². The molecule has 0 radical (unpaired) electrons. The minimum atomic E-state index is 0.0646. The van der Waals surface area contributed by atoms with Crippen LogP contribution in [0.15, 0.2) is 4.47 Å². The van der Waals surface area contributed by atoms with Crippen molar-refractivity contribution in [3.05, 3.63) is 26.4 Å². The molecule has 108 valence electrons. The van der Waals surface area contributed by atoms with Crippen molar-refractivity contribution >= 4 is 33.2 Å². The van der Waals surface area contributed by atoms with Crippen LogP contribution in [0.25, 0.3) is 0 Å². The van der Waals surface area contributed by atoms with Gasteiger partial charge in [-0.2, -0.15) is 5.10 Å². The van der Waals surface area contributed by atoms with Crippen molar-refractivity contribution in [3.8, 4) is 0 Å². The van der Waals surface area contributed by atoms with Gasteiger partial charge in [0.05, 0.1) is 28.0 Å². The number of Topliss-reactive ketones (excluding diaryl/α,β-unsaturated/α-hetero) is 1. The molecular weight excluding hydrogens is 340 g/mol. The third kappa shape index (κ3) is 2.98. The third-order valence-corrected chi connectivity index (χ3v) is 4.85. The molecule has 2 rings (SSSR count). The van der Waals surface area contributed by atoms with Gasteiger partial charge in [0.1, 0.15) is 4.88 Å². The standard InChI is InChI=1S/C13H17BrN4OS/c1-4-6-9-13(20-17-15-9)11(19)7-10-12(14)8(5-2)16-18(10)3/h4-7H2,1-3H3. The number of ketones is 1. The van der Waals surface area contributed by atoms with Gasteiger partial charge in [-0.05, 0) is 40.3 Å². The summed E-state index contributed by atoms with van der Waals surface area (Å²) in [7, 11) is 1.87. The van der Waals surface area contributed by atoms with Gasteiger partial charge in [0.25, 0.3) is 0 Å². The van der Waals surface area contributed by atoms with Gasteiger partial charge in [0.15, 0.2) is 5.78 Å². The summed E-state index contributed by atoms with van der Waals surface area (Å²) in [6, 6.07) is 0. The lowest BCUT2D eigenvalue weighted by atomic mass is 10.1. The monoisotopic (exact) mass is 356 g/mol. The summed E-state index contributed by atoms with van der Waals surface area (Å²) in [5.41, 5.74) is 2.70. The first-order chi connectivity index (χ1) is 9.58. The van der Waals surface area contributed by atoms with Crippen molar-refractivity contribution in [2.75, 3.05) is 0 Å². The number of nitrogens with zero attached hydrogens (tertiary/aromatic N) is 4. The van der Waals surface area contributed by atoms with Gasteiger partial charge in [-0.1, -0.05) is 24.8 Å². The molecular formula is C13H17BrN4OS. The number of hydrogen-bond donors (Lipinski definition) is 0. The molecule has 5 nitrogen and oxygen atoms in total. The van der Waals surface area contributed by atoms with Gasteiger partial charge in [-0.3, -0.25) is 9.48 Å². The lowest BCUT2D eigenvalue weighted by Crippen LogP contribution is -2.09. The van der Waals surface area contributed by atoms with E-state index in [2.05, 4.69) is 37.5 Å². The lowest BCUT2D eigenvalue weighted by molar-refractivity contribution is 0.0993. The number of halogens is 1. The van der Waals surface area contributed by atoms with Crippen molar-refractivity contribution in [2.45, 2.75) is 39.5 Å². The molecule has 0 amide bonds. The maximum Gasteiger partial charge on any atom is 0.182 e. The Kier molecular flexibility index (Phi) is 5.04. The van der Waals surface area contributed by atoms with E-state index in [4.69, 9.17) is 0 Å². The normalized spacial score (nSPS) is 11.0. The van der Waals surface area contributed by atoms with E-state index in [1.54, 1.807) is 4.68 Å². The molecule has 7 heteroatoms. The molecule has 0 aromatic carbocycles. The highest BCUT2D eigenvalue weighted by Crippen LogP contribution is 2.24. The van der Waals surface area contributed by atoms with Crippen LogP contribution >= 0.6 is 27.5 Å². The predicted octanol–water partition coefficient (Wildman–Crippen LogP) is 2.97. The summed E-state index contributed by atoms with van der Waals surface area (Å²) in [5, 5.41) is 8.46. The Balaban J connectivity index is 2.23. The fraction of sp³-hybridized carbons (Fsp3) is 0.538. The summed E-state index contributed by atoms with van der Waals surface area (Å²) in [6.07, 6.45) is 2.92. The largest absolute Gasteiger partial charge is 0.293 e. The minimum absolute atomic E-state index is 0.0646. The Morgan fingerprint density at radius 1 is 1.35 bits per heavy atom. The first-order valence-electron chi connectivity index (χ1n) is 6.63. The Morgan fingerprint density at radius 3 is 2.70 bits per heavy atom. The van der Waals surface area contributed by atoms with Crippen LogP contribution in [0.2, 0.25) is 0 Å². The van der Waals surface area contributed by atoms with Crippen molar-refractivity contribution < 1.29 is 4.79 Å². The maximum atomic E-state index is 12.4. The molecule has 2 heterocycles. The molecule has 0 bridgehead atoms. The third-order valence-electron chi connectivity index (χ3n) is 3.13. The van der Waals surface area contributed by atoms with E-state index in [-0.39, 0.29) is 5.78 Å². The molecule has 0 saturated carbocycles. The molecule has 0 fully saturated rings. The summed E-state index contributed by atoms with van der Waals surface area (Å²) in [4.78, 5) is 13.1. The zero-order valence-corrected chi connectivity index (χ0v) is 14.2. The average molecular weight is 357 g/mol. The highest BCUT2D eigenvalue weighted by molar-refractivity contribution is 9.10. The SMILES string of the molecule is CCCc1nnsc1C(=O)Cc1c(Br)c(CC)nn1C. The summed E-state index contributed by atoms with van der Waals surface area (Å²) >= 11 is 4.73. The zero-order chi connectivity index (χ0) is 14.7. The molecule has 0 aliphatic carbocycles. The van der Waals surface area contributed by atoms with Crippen molar-refractivity contribution in [1.29, 1.82) is 0 Å². The Hall–Kier alpha value is -1.08. The van der Waals surface area contributed by atoms with Crippen LogP contribution in [0.3, 0.4) is 0 Å². The Morgan fingerprint density at radius 2 is 2.10 bits per heavy atom. The predicted molar refractivity (Wildman–Crippen MR) is 82.2 cm³/mol. The van der Waals surface area contributed by atoms with E-state index in [0.717, 1.165) is 40.8 Å². The van der Waals surface area contributed by atoms with Crippen LogP contribution in [0, 0.1) is 0 Å². The van der Waals surface area contributed by atoms with Crippen molar-refractivity contribution in [3.63, 3.8) is 0 Å². The quantitative estimate of drug-likeness (QED) is 0.746. The van der Waals surface area contributed by atoms with Crippen molar-refractivity contribution in [1.82, 2.24) is 19.4 Å². The molecule has 0 saturated heterocycles. The highest BCUT2D eigenvalue weighted by Gasteiger charge is 2.20. The van der Waals surface area contributed by atoms with Gasteiger partial charge in [0, 0.05) is 7.05 Å². The number of hydrogen-bond acceptors (Lipinski definition) is 5. The topological polar surface area (TPSA) is 60.7 Å². The molecule has 0 aliphatic rings. The van der Waals surface area contributed by atoms with Crippen LogP contribution in [0.1, 0.15) is 47.0 Å². The maximum absolute atomic E-state index is 12.4. The van der Waals surface area contributed by atoms with Crippen LogP contribution in [-0.2, 0) is 26.3 Å². The molecule has 2 aromatic rings. The molecule has 0 atom stereocenters. The van der Waals surface area contributed by atoms with E-state index >= 15 is 0 Å². The van der Waals surface area contributed by atoms with E-state index in [1.807, 2.05) is 14.0 Å². The summed E-state index contributed by atoms with van der Waals surface area (Å²) in [5.74, 6) is 0.0646. The molecule has 0 unspecified atom stereocenters. The van der Waals surface area contributed by atoms with Crippen LogP contribution in [-0.4, -0.2) is 25.2 Å². The Bertz CT molecular complexity index is 620. The average Bonchev–Trinajstić information content (AvgIpc) is 2.98. The second kappa shape index (κ2) is 6.58. The number of aromatic nitrogens is 4. The number of carbonyl (C=O) groups excluding carboxylic acids is 1. The second-order valence-corrected chi connectivity index (χ2v) is 6.13. The first-order valence-corrected chi connectivity index (χ1v) is 8.19. The number of carbonyl (C=O) groups is 1. The van der Waals surface area contributed by atoms with E-state index in [1.165, 1.54) is 11.5 Å². The first kappa shape index (κ1) is 15.3. The van der Waals surface area contributed by atoms with Gasteiger partial charge >= 0.3 is 0 Å². The fourth-order valence-corrected chi connectivity index (χ4v) is 3.46. The van der Waals surface area contributed by atoms with E-state index in [0.29, 0.717) is 11.3 Å². The molecule has 0 spiro atoms. The lowest BCUT2D eigenvalue weighted by Gasteiger charge is -2.02. The molecule has 2 aromatic heterocycles. The molecule has 20 heavy (non-hydrogen) atoms. The van der Waals surface area contributed by atoms with Crippen LogP contribution in [0.5, 0.6) is 0 Å². The number of rotatable bonds is 6. The number of aryl methyl sites for hydroxylation is 3. The van der Waals surface area contributed by atoms with Gasteiger partial charge in [-0.25, -0.2) is 0 Å². The van der Waals surface area contributed by atoms with Gasteiger partial charge in [0.2, 0.25) is 0 Å². The fourth-order valence-electron chi connectivity index (χ4n) is 2.07. The minimum Gasteiger partial charge on any atom is -0.293 e. The summed E-state index contributed by atoms with van der Waals surface area (Å²) < 4.78 is 6.61. The van der Waals surface area contributed by atoms with Crippen LogP contribution < -0.4 is 0 Å². The summed E-state index contributed by atoms with van der Waals surface area (Å²) in [6.45, 7) is 4.12. The smallest absolute Gasteiger partial charge is 0.182 e. The highest BCUT2D eigenvalue weighted by atomic mass is 79.9. The second-order valence-electron chi connectivity index (χ2n) is 4.58. The van der Waals surface area contributed by atoms with Gasteiger partial charge in [-0.15, -0.1) is 5.10 Å². The van der Waals surface area contributed by atoms with E-state index < -0.39 is 0 Å². The van der Waals surface area contributed by atoms with Crippen LogP contribution in [0.4, 0.5) is 0 Å². The molecule has 0 aliphatic heterocycles. The van der Waals surface area contributed by atoms with Gasteiger partial charge < -0.3 is 0 Å². The van der Waals surface area contributed by atoms with Crippen molar-refractivity contribution in [2.24, 2.45) is 7.05 Å². The zero-order valence-electron chi connectivity index (χ0n) is 11.8.